The van der Waals surface area contributed by atoms with Gasteiger partial charge < -0.3 is 15.8 Å². The van der Waals surface area contributed by atoms with E-state index in [4.69, 9.17) is 5.73 Å². The van der Waals surface area contributed by atoms with E-state index in [2.05, 4.69) is 22.0 Å². The maximum Gasteiger partial charge on any atom is 0.387 e. The highest BCUT2D eigenvalue weighted by molar-refractivity contribution is 6.09. The summed E-state index contributed by atoms with van der Waals surface area (Å²) in [5, 5.41) is 3.29. The first-order valence-corrected chi connectivity index (χ1v) is 8.91. The molecule has 0 spiro atoms. The molecule has 1 unspecified atom stereocenters. The van der Waals surface area contributed by atoms with Crippen LogP contribution in [-0.4, -0.2) is 37.0 Å². The summed E-state index contributed by atoms with van der Waals surface area (Å²) >= 11 is 0. The van der Waals surface area contributed by atoms with Crippen LogP contribution in [0.1, 0.15) is 24.5 Å². The largest absolute Gasteiger partial charge is 0.435 e. The minimum atomic E-state index is -2.92. The topological polar surface area (TPSA) is 80.0 Å². The van der Waals surface area contributed by atoms with Crippen molar-refractivity contribution < 1.29 is 18.3 Å². The van der Waals surface area contributed by atoms with Gasteiger partial charge in [-0.05, 0) is 41.8 Å². The molecule has 6 nitrogen and oxygen atoms in total. The Bertz CT molecular complexity index is 886. The van der Waals surface area contributed by atoms with Gasteiger partial charge in [-0.1, -0.05) is 31.2 Å². The van der Waals surface area contributed by atoms with Crippen molar-refractivity contribution in [2.24, 2.45) is 10.7 Å². The van der Waals surface area contributed by atoms with E-state index in [0.717, 1.165) is 18.7 Å². The summed E-state index contributed by atoms with van der Waals surface area (Å²) in [6.45, 7) is -0.0777. The Hall–Kier alpha value is -3.16. The lowest BCUT2D eigenvalue weighted by atomic mass is 9.82. The number of hydrogen-bond acceptors (Lipinski definition) is 5. The van der Waals surface area contributed by atoms with Crippen LogP contribution in [0, 0.1) is 0 Å². The van der Waals surface area contributed by atoms with Crippen LogP contribution in [0.5, 0.6) is 5.75 Å². The number of carbonyl (C=O) groups is 1. The second-order valence-corrected chi connectivity index (χ2v) is 6.46. The fourth-order valence-electron chi connectivity index (χ4n) is 3.19. The first kappa shape index (κ1) is 19.6. The number of nitrogens with zero attached hydrogens (tertiary/aromatic N) is 2. The fourth-order valence-corrected chi connectivity index (χ4v) is 3.19. The SMILES string of the molecule is CCCNc1cccc(C2(c3ccc(OC(F)F)cc3)N=C(N)N(C)C2=O)c1. The first-order chi connectivity index (χ1) is 13.4. The van der Waals surface area contributed by atoms with Gasteiger partial charge in [0.2, 0.25) is 0 Å². The van der Waals surface area contributed by atoms with Crippen molar-refractivity contribution in [3.63, 3.8) is 0 Å². The zero-order valence-corrected chi connectivity index (χ0v) is 15.7. The summed E-state index contributed by atoms with van der Waals surface area (Å²) in [6, 6.07) is 13.3. The van der Waals surface area contributed by atoms with E-state index in [1.165, 1.54) is 17.0 Å². The van der Waals surface area contributed by atoms with Crippen molar-refractivity contribution in [2.45, 2.75) is 25.5 Å². The van der Waals surface area contributed by atoms with Crippen LogP contribution < -0.4 is 15.8 Å². The Morgan fingerprint density at radius 1 is 1.21 bits per heavy atom. The smallest absolute Gasteiger partial charge is 0.387 e. The molecule has 1 aliphatic rings. The van der Waals surface area contributed by atoms with Gasteiger partial charge in [-0.3, -0.25) is 9.69 Å². The van der Waals surface area contributed by atoms with Gasteiger partial charge >= 0.3 is 6.61 Å². The van der Waals surface area contributed by atoms with E-state index in [0.29, 0.717) is 11.1 Å². The van der Waals surface area contributed by atoms with E-state index in [-0.39, 0.29) is 17.6 Å². The molecular weight excluding hydrogens is 366 g/mol. The number of halogens is 2. The molecule has 148 valence electrons. The van der Waals surface area contributed by atoms with Gasteiger partial charge in [0, 0.05) is 19.3 Å². The van der Waals surface area contributed by atoms with Crippen LogP contribution >= 0.6 is 0 Å². The molecule has 0 bridgehead atoms. The number of nitrogens with one attached hydrogen (secondary N) is 1. The third kappa shape index (κ3) is 3.49. The van der Waals surface area contributed by atoms with Gasteiger partial charge in [0.15, 0.2) is 11.5 Å². The second-order valence-electron chi connectivity index (χ2n) is 6.46. The average molecular weight is 388 g/mol. The van der Waals surface area contributed by atoms with Crippen LogP contribution in [0.2, 0.25) is 0 Å². The first-order valence-electron chi connectivity index (χ1n) is 8.91. The normalized spacial score (nSPS) is 19.1. The Labute approximate surface area is 162 Å². The number of aliphatic imine (C=N–C) groups is 1. The molecule has 0 fully saturated rings. The maximum absolute atomic E-state index is 13.2. The quantitative estimate of drug-likeness (QED) is 0.764. The third-order valence-corrected chi connectivity index (χ3v) is 4.60. The standard InChI is InChI=1S/C20H22F2N4O2/c1-3-11-24-15-6-4-5-14(12-15)20(17(27)26(2)19(23)25-20)13-7-9-16(10-8-13)28-18(21)22/h4-10,12,18,24H,3,11H2,1-2H3,(H2,23,25). The van der Waals surface area contributed by atoms with E-state index in [1.807, 2.05) is 18.2 Å². The molecule has 1 atom stereocenters. The molecule has 8 heteroatoms. The number of likely N-dealkylation sites (N-methyl/N-ethyl adjacent to an activating group) is 1. The Morgan fingerprint density at radius 3 is 2.50 bits per heavy atom. The minimum Gasteiger partial charge on any atom is -0.435 e. The van der Waals surface area contributed by atoms with Crippen LogP contribution in [-0.2, 0) is 10.3 Å². The maximum atomic E-state index is 13.2. The number of rotatable bonds is 7. The van der Waals surface area contributed by atoms with Crippen LogP contribution in [0.4, 0.5) is 14.5 Å². The molecule has 3 rings (SSSR count). The summed E-state index contributed by atoms with van der Waals surface area (Å²) in [5.41, 5.74) is 6.57. The lowest BCUT2D eigenvalue weighted by molar-refractivity contribution is -0.129. The summed E-state index contributed by atoms with van der Waals surface area (Å²) in [7, 11) is 1.55. The monoisotopic (exact) mass is 388 g/mol. The fraction of sp³-hybridized carbons (Fsp3) is 0.300. The molecule has 1 heterocycles. The lowest BCUT2D eigenvalue weighted by Gasteiger charge is -2.26. The highest BCUT2D eigenvalue weighted by Gasteiger charge is 2.49. The lowest BCUT2D eigenvalue weighted by Crippen LogP contribution is -2.41. The predicted molar refractivity (Wildman–Crippen MR) is 103 cm³/mol. The molecule has 0 aliphatic carbocycles. The van der Waals surface area contributed by atoms with Gasteiger partial charge in [0.25, 0.3) is 5.91 Å². The second kappa shape index (κ2) is 7.84. The Kier molecular flexibility index (Phi) is 5.48. The molecule has 0 aromatic heterocycles. The van der Waals surface area contributed by atoms with Crippen LogP contribution in [0.25, 0.3) is 0 Å². The zero-order valence-electron chi connectivity index (χ0n) is 15.7. The number of alkyl halides is 2. The molecule has 1 amide bonds. The Morgan fingerprint density at radius 2 is 1.93 bits per heavy atom. The van der Waals surface area contributed by atoms with Gasteiger partial charge in [-0.15, -0.1) is 0 Å². The minimum absolute atomic E-state index is 0.00279. The van der Waals surface area contributed by atoms with Crippen molar-refractivity contribution in [3.8, 4) is 5.75 Å². The average Bonchev–Trinajstić information content (AvgIpc) is 2.92. The number of nitrogens with two attached hydrogens (primary N) is 1. The summed E-state index contributed by atoms with van der Waals surface area (Å²) in [4.78, 5) is 19.0. The zero-order chi connectivity index (χ0) is 20.3. The molecule has 3 N–H and O–H groups in total. The van der Waals surface area contributed by atoms with Crippen LogP contribution in [0.15, 0.2) is 53.5 Å². The molecule has 28 heavy (non-hydrogen) atoms. The Balaban J connectivity index is 2.09. The summed E-state index contributed by atoms with van der Waals surface area (Å²) < 4.78 is 29.3. The van der Waals surface area contributed by atoms with Crippen molar-refractivity contribution in [1.82, 2.24) is 4.90 Å². The van der Waals surface area contributed by atoms with E-state index in [9.17, 15) is 13.6 Å². The van der Waals surface area contributed by atoms with E-state index >= 15 is 0 Å². The number of hydrogen-bond donors (Lipinski definition) is 2. The number of anilines is 1. The number of amides is 1. The van der Waals surface area contributed by atoms with Crippen LogP contribution in [0.3, 0.4) is 0 Å². The third-order valence-electron chi connectivity index (χ3n) is 4.60. The molecule has 0 saturated heterocycles. The van der Waals surface area contributed by atoms with E-state index in [1.54, 1.807) is 25.2 Å². The number of carbonyl (C=O) groups excluding carboxylic acids is 1. The molecular formula is C20H22F2N4O2. The summed E-state index contributed by atoms with van der Waals surface area (Å²) in [6.07, 6.45) is 0.952. The molecule has 0 saturated carbocycles. The van der Waals surface area contributed by atoms with Gasteiger partial charge in [0.05, 0.1) is 0 Å². The summed E-state index contributed by atoms with van der Waals surface area (Å²) in [5.74, 6) is -0.229. The highest BCUT2D eigenvalue weighted by atomic mass is 19.3. The van der Waals surface area contributed by atoms with Gasteiger partial charge in [0.1, 0.15) is 5.75 Å². The number of benzene rings is 2. The van der Waals surface area contributed by atoms with Crippen molar-refractivity contribution in [1.29, 1.82) is 0 Å². The molecule has 0 radical (unpaired) electrons. The van der Waals surface area contributed by atoms with Crippen molar-refractivity contribution >= 4 is 17.6 Å². The molecule has 2 aromatic carbocycles. The molecule has 2 aromatic rings. The van der Waals surface area contributed by atoms with Gasteiger partial charge in [-0.2, -0.15) is 8.78 Å². The number of guanidine groups is 1. The van der Waals surface area contributed by atoms with E-state index < -0.39 is 12.2 Å². The highest BCUT2D eigenvalue weighted by Crippen LogP contribution is 2.40. The van der Waals surface area contributed by atoms with Gasteiger partial charge in [-0.25, -0.2) is 4.99 Å². The predicted octanol–water partition coefficient (Wildman–Crippen LogP) is 3.14. The number of ether oxygens (including phenoxy) is 1. The van der Waals surface area contributed by atoms with Crippen molar-refractivity contribution in [3.05, 3.63) is 59.7 Å². The van der Waals surface area contributed by atoms with Crippen molar-refractivity contribution in [2.75, 3.05) is 18.9 Å². The molecule has 1 aliphatic heterocycles.